The third-order valence-corrected chi connectivity index (χ3v) is 10.2. The topological polar surface area (TPSA) is 169 Å². The van der Waals surface area contributed by atoms with Crippen molar-refractivity contribution in [2.45, 2.75) is 129 Å². The van der Waals surface area contributed by atoms with Crippen molar-refractivity contribution in [1.29, 1.82) is 0 Å². The van der Waals surface area contributed by atoms with E-state index in [4.69, 9.17) is 18.9 Å². The number of allylic oxidation sites excluding steroid dienone is 6. The molecule has 3 heterocycles. The van der Waals surface area contributed by atoms with E-state index in [1.807, 2.05) is 44.2 Å². The van der Waals surface area contributed by atoms with Crippen LogP contribution in [-0.4, -0.2) is 106 Å². The number of ketones is 2. The van der Waals surface area contributed by atoms with Crippen LogP contribution >= 0.6 is 0 Å². The summed E-state index contributed by atoms with van der Waals surface area (Å²) in [5.74, 6) is -8.35. The van der Waals surface area contributed by atoms with Crippen LogP contribution in [0.4, 0.5) is 0 Å². The fourth-order valence-electron chi connectivity index (χ4n) is 7.16. The number of aliphatic hydroxyl groups excluding tert-OH is 1. The zero-order valence-corrected chi connectivity index (χ0v) is 30.8. The molecule has 3 rings (SSSR count). The van der Waals surface area contributed by atoms with Crippen molar-refractivity contribution >= 4 is 23.4 Å². The van der Waals surface area contributed by atoms with Crippen molar-refractivity contribution < 1.29 is 53.4 Å². The van der Waals surface area contributed by atoms with Crippen molar-refractivity contribution in [1.82, 2.24) is 4.90 Å². The Kier molecular flexibility index (Phi) is 14.9. The summed E-state index contributed by atoms with van der Waals surface area (Å²) >= 11 is 0. The number of carbonyl (C=O) groups excluding carboxylic acids is 4. The minimum atomic E-state index is -2.85. The molecule has 280 valence electrons. The van der Waals surface area contributed by atoms with Gasteiger partial charge in [0.2, 0.25) is 5.79 Å². The van der Waals surface area contributed by atoms with Crippen molar-refractivity contribution in [3.05, 3.63) is 47.6 Å². The minimum Gasteiger partial charge on any atom is -0.417 e. The van der Waals surface area contributed by atoms with Gasteiger partial charge in [0.1, 0.15) is 18.2 Å². The lowest BCUT2D eigenvalue weighted by Crippen LogP contribution is -2.75. The molecule has 0 aromatic rings. The van der Waals surface area contributed by atoms with Crippen molar-refractivity contribution in [3.63, 3.8) is 0 Å². The molecule has 3 aliphatic rings. The molecule has 12 nitrogen and oxygen atoms in total. The molecule has 3 N–H and O–H groups in total. The first-order valence-electron chi connectivity index (χ1n) is 17.6. The van der Waals surface area contributed by atoms with Crippen molar-refractivity contribution in [3.8, 4) is 0 Å². The van der Waals surface area contributed by atoms with Crippen LogP contribution in [0.15, 0.2) is 47.6 Å². The van der Waals surface area contributed by atoms with Gasteiger partial charge in [0.05, 0.1) is 12.2 Å². The number of nitrogens with zero attached hydrogens (tertiary/aromatic N) is 1. The Morgan fingerprint density at radius 3 is 2.34 bits per heavy atom. The first-order chi connectivity index (χ1) is 23.5. The van der Waals surface area contributed by atoms with Crippen LogP contribution in [0.1, 0.15) is 86.5 Å². The van der Waals surface area contributed by atoms with Crippen LogP contribution in [0, 0.1) is 17.8 Å². The summed E-state index contributed by atoms with van der Waals surface area (Å²) < 4.78 is 22.4. The van der Waals surface area contributed by atoms with Crippen LogP contribution in [0.5, 0.6) is 0 Å². The summed E-state index contributed by atoms with van der Waals surface area (Å²) in [5.41, 5.74) is 1.25. The number of piperidine rings is 1. The number of aliphatic hydroxyl groups is 3. The molecule has 0 spiro atoms. The minimum absolute atomic E-state index is 0.0504. The molecule has 0 radical (unpaired) electrons. The normalized spacial score (nSPS) is 31.3. The van der Waals surface area contributed by atoms with Crippen LogP contribution < -0.4 is 0 Å². The number of ether oxygens (including phenoxy) is 4. The highest BCUT2D eigenvalue weighted by Gasteiger charge is 2.69. The molecule has 50 heavy (non-hydrogen) atoms. The average Bonchev–Trinajstić information content (AvgIpc) is 3.07. The zero-order valence-electron chi connectivity index (χ0n) is 30.8. The molecule has 10 atom stereocenters. The SMILES string of the molecule is CO[C@@H](C[C@@H]1CC[C@@H](C)[C@](O)(C2(O)OC(=O)C3CCCCN3C2=O)O1)/C(C)=C/C=C/C=C/[C@@H](C)C[C@H](C)C(=O)[C@H](OC)[C@H](O)/C(C)=C/C(C)=O. The van der Waals surface area contributed by atoms with Gasteiger partial charge in [-0.15, -0.1) is 0 Å². The van der Waals surface area contributed by atoms with E-state index < -0.39 is 59.8 Å². The number of morpholine rings is 1. The van der Waals surface area contributed by atoms with Gasteiger partial charge in [0.15, 0.2) is 11.6 Å². The number of methoxy groups -OCH3 is 2. The van der Waals surface area contributed by atoms with E-state index >= 15 is 0 Å². The van der Waals surface area contributed by atoms with Gasteiger partial charge in [-0.25, -0.2) is 4.79 Å². The first kappa shape index (κ1) is 41.4. The number of rotatable bonds is 16. The van der Waals surface area contributed by atoms with Gasteiger partial charge in [0, 0.05) is 39.0 Å². The van der Waals surface area contributed by atoms with E-state index in [9.17, 15) is 34.5 Å². The highest BCUT2D eigenvalue weighted by Crippen LogP contribution is 2.45. The van der Waals surface area contributed by atoms with E-state index in [0.717, 1.165) is 12.0 Å². The molecule has 3 fully saturated rings. The smallest absolute Gasteiger partial charge is 0.346 e. The van der Waals surface area contributed by atoms with Crippen LogP contribution in [0.3, 0.4) is 0 Å². The molecular formula is C38H57NO11. The van der Waals surface area contributed by atoms with Gasteiger partial charge in [-0.1, -0.05) is 51.2 Å². The Hall–Kier alpha value is -3.00. The number of cyclic esters (lactones) is 1. The molecule has 1 amide bonds. The Morgan fingerprint density at radius 2 is 1.70 bits per heavy atom. The monoisotopic (exact) mass is 703 g/mol. The summed E-state index contributed by atoms with van der Waals surface area (Å²) in [6, 6.07) is -0.764. The number of carbonyl (C=O) groups is 4. The molecule has 0 bridgehead atoms. The number of hydrogen-bond donors (Lipinski definition) is 3. The maximum absolute atomic E-state index is 13.5. The number of Topliss-reactive ketones (excluding diaryl/α,β-unsaturated/α-hetero) is 1. The second-order valence-corrected chi connectivity index (χ2v) is 14.2. The van der Waals surface area contributed by atoms with E-state index in [-0.39, 0.29) is 23.4 Å². The van der Waals surface area contributed by atoms with Gasteiger partial charge in [0.25, 0.3) is 0 Å². The van der Waals surface area contributed by atoms with Gasteiger partial charge >= 0.3 is 17.7 Å². The van der Waals surface area contributed by atoms with Crippen LogP contribution in [0.25, 0.3) is 0 Å². The quantitative estimate of drug-likeness (QED) is 0.122. The Morgan fingerprint density at radius 1 is 1.00 bits per heavy atom. The highest BCUT2D eigenvalue weighted by molar-refractivity contribution is 5.95. The predicted molar refractivity (Wildman–Crippen MR) is 185 cm³/mol. The maximum atomic E-state index is 13.5. The fraction of sp³-hybridized carbons (Fsp3) is 0.684. The summed E-state index contributed by atoms with van der Waals surface area (Å²) in [4.78, 5) is 52.0. The average molecular weight is 704 g/mol. The number of hydrogen-bond acceptors (Lipinski definition) is 11. The molecule has 0 saturated carbocycles. The van der Waals surface area contributed by atoms with Gasteiger partial charge < -0.3 is 39.2 Å². The lowest BCUT2D eigenvalue weighted by Gasteiger charge is -2.53. The van der Waals surface area contributed by atoms with Gasteiger partial charge in [-0.2, -0.15) is 0 Å². The third kappa shape index (κ3) is 9.45. The lowest BCUT2D eigenvalue weighted by molar-refractivity contribution is -0.403. The lowest BCUT2D eigenvalue weighted by atomic mass is 9.81. The maximum Gasteiger partial charge on any atom is 0.346 e. The molecule has 3 aliphatic heterocycles. The molecule has 0 aliphatic carbocycles. The second-order valence-electron chi connectivity index (χ2n) is 14.2. The Balaban J connectivity index is 1.59. The number of fused-ring (bicyclic) bond motifs is 1. The predicted octanol–water partition coefficient (Wildman–Crippen LogP) is 3.72. The standard InChI is InChI=1S/C38H57NO11/c1-23(20-25(3)32(41)34(48-8)33(42)26(4)21-28(6)40)14-10-9-11-15-24(2)31(47-7)22-29-18-17-27(5)37(45,49-29)38(46)36(44)39-19-13-12-16-30(39)35(43)50-38/h9-11,14-15,21,23,25,27,29-31,33-34,42,45-46H,12-13,16-20,22H2,1-8H3/b11-9+,14-10+,24-15+,26-21+/t23-,25+,27-,29+,30?,31+,33-,34+,37-,38?/m1/s1. The molecule has 3 saturated heterocycles. The summed E-state index contributed by atoms with van der Waals surface area (Å²) in [5, 5.41) is 33.8. The first-order valence-corrected chi connectivity index (χ1v) is 17.6. The number of amides is 1. The third-order valence-electron chi connectivity index (χ3n) is 10.2. The molecule has 0 aromatic heterocycles. The van der Waals surface area contributed by atoms with Gasteiger partial charge in [-0.3, -0.25) is 14.4 Å². The second kappa shape index (κ2) is 18.0. The highest BCUT2D eigenvalue weighted by atomic mass is 16.7. The fourth-order valence-corrected chi connectivity index (χ4v) is 7.16. The molecule has 0 aromatic carbocycles. The van der Waals surface area contributed by atoms with E-state index in [1.165, 1.54) is 25.0 Å². The summed E-state index contributed by atoms with van der Waals surface area (Å²) in [7, 11) is 2.93. The zero-order chi connectivity index (χ0) is 37.4. The number of esters is 1. The van der Waals surface area contributed by atoms with Crippen LogP contribution in [-0.2, 0) is 38.1 Å². The molecule has 12 heteroatoms. The summed E-state index contributed by atoms with van der Waals surface area (Å²) in [6.45, 7) is 10.6. The Bertz CT molecular complexity index is 1350. The van der Waals surface area contributed by atoms with E-state index in [2.05, 4.69) is 0 Å². The Labute approximate surface area is 296 Å². The van der Waals surface area contributed by atoms with Crippen LogP contribution in [0.2, 0.25) is 0 Å². The van der Waals surface area contributed by atoms with Gasteiger partial charge in [-0.05, 0) is 82.4 Å². The molecule has 2 unspecified atom stereocenters. The summed E-state index contributed by atoms with van der Waals surface area (Å²) in [6.07, 6.45) is 11.3. The largest absolute Gasteiger partial charge is 0.417 e. The van der Waals surface area contributed by atoms with E-state index in [1.54, 1.807) is 27.9 Å². The van der Waals surface area contributed by atoms with Crippen molar-refractivity contribution in [2.24, 2.45) is 17.8 Å². The van der Waals surface area contributed by atoms with Crippen molar-refractivity contribution in [2.75, 3.05) is 20.8 Å². The van der Waals surface area contributed by atoms with E-state index in [0.29, 0.717) is 50.6 Å². The molecular weight excluding hydrogens is 646 g/mol.